The van der Waals surface area contributed by atoms with Gasteiger partial charge in [-0.05, 0) is 41.3 Å². The van der Waals surface area contributed by atoms with Crippen LogP contribution in [-0.4, -0.2) is 73.9 Å². The molecule has 6 atom stereocenters. The van der Waals surface area contributed by atoms with Gasteiger partial charge < -0.3 is 19.8 Å². The molecule has 4 aliphatic rings. The third-order valence-corrected chi connectivity index (χ3v) is 11.9. The van der Waals surface area contributed by atoms with Gasteiger partial charge in [-0.15, -0.1) is 11.8 Å². The second-order valence-corrected chi connectivity index (χ2v) is 15.0. The van der Waals surface area contributed by atoms with Gasteiger partial charge in [-0.2, -0.15) is 0 Å². The van der Waals surface area contributed by atoms with Gasteiger partial charge in [0.25, 0.3) is 5.91 Å². The highest BCUT2D eigenvalue weighted by Crippen LogP contribution is 2.66. The lowest BCUT2D eigenvalue weighted by Gasteiger charge is -2.41. The Balaban J connectivity index is 1.34. The van der Waals surface area contributed by atoms with Crippen LogP contribution in [0.3, 0.4) is 0 Å². The maximum atomic E-state index is 14.9. The monoisotopic (exact) mass is 621 g/mol. The normalized spacial score (nSPS) is 30.0. The van der Waals surface area contributed by atoms with Crippen LogP contribution < -0.4 is 4.90 Å². The van der Waals surface area contributed by atoms with Gasteiger partial charge in [-0.25, -0.2) is 0 Å². The third kappa shape index (κ3) is 4.64. The second-order valence-electron chi connectivity index (χ2n) is 13.2. The fourth-order valence-corrected chi connectivity index (χ4v) is 10.2. The summed E-state index contributed by atoms with van der Waals surface area (Å²) in [5.74, 6) is -2.00. The second kappa shape index (κ2) is 11.2. The van der Waals surface area contributed by atoms with Crippen molar-refractivity contribution < 1.29 is 19.5 Å². The predicted molar refractivity (Wildman–Crippen MR) is 178 cm³/mol. The quantitative estimate of drug-likeness (QED) is 0.390. The summed E-state index contributed by atoms with van der Waals surface area (Å²) >= 11 is 1.58. The molecule has 1 N–H and O–H groups in total. The molecule has 0 radical (unpaired) electrons. The molecule has 0 aliphatic carbocycles. The lowest BCUT2D eigenvalue weighted by atomic mass is 9.74. The smallest absolute Gasteiger partial charge is 0.251 e. The average Bonchev–Trinajstić information content (AvgIpc) is 3.30. The molecule has 4 heterocycles. The van der Waals surface area contributed by atoms with E-state index >= 15 is 0 Å². The Labute approximate surface area is 268 Å². The molecule has 7 rings (SSSR count). The molecule has 8 heteroatoms. The number of benzene rings is 3. The summed E-state index contributed by atoms with van der Waals surface area (Å²) in [6.45, 7) is 6.95. The van der Waals surface area contributed by atoms with Crippen LogP contribution in [0.1, 0.15) is 26.3 Å². The number of likely N-dealkylation sites (tertiary alicyclic amines) is 1. The van der Waals surface area contributed by atoms with Gasteiger partial charge in [0.1, 0.15) is 6.04 Å². The van der Waals surface area contributed by atoms with Gasteiger partial charge in [0.2, 0.25) is 11.8 Å². The van der Waals surface area contributed by atoms with Gasteiger partial charge in [0.05, 0.1) is 29.2 Å². The topological polar surface area (TPSA) is 81.2 Å². The molecule has 0 aromatic heterocycles. The first-order valence-electron chi connectivity index (χ1n) is 15.8. The number of thioether (sulfide) groups is 1. The van der Waals surface area contributed by atoms with Crippen LogP contribution in [0.25, 0.3) is 10.8 Å². The lowest BCUT2D eigenvalue weighted by Crippen LogP contribution is -2.58. The third-order valence-electron chi connectivity index (χ3n) is 10.2. The molecule has 0 saturated carbocycles. The summed E-state index contributed by atoms with van der Waals surface area (Å²) in [6.07, 6.45) is 8.17. The highest BCUT2D eigenvalue weighted by molar-refractivity contribution is 8.02. The maximum Gasteiger partial charge on any atom is 0.251 e. The molecule has 7 nitrogen and oxygen atoms in total. The van der Waals surface area contributed by atoms with Gasteiger partial charge >= 0.3 is 0 Å². The van der Waals surface area contributed by atoms with E-state index in [1.54, 1.807) is 21.6 Å². The van der Waals surface area contributed by atoms with E-state index in [-0.39, 0.29) is 30.2 Å². The summed E-state index contributed by atoms with van der Waals surface area (Å²) in [7, 11) is 0. The summed E-state index contributed by atoms with van der Waals surface area (Å²) in [6, 6.07) is 22.5. The van der Waals surface area contributed by atoms with Crippen LogP contribution >= 0.6 is 11.8 Å². The number of hydrogen-bond donors (Lipinski definition) is 1. The molecule has 0 bridgehead atoms. The van der Waals surface area contributed by atoms with E-state index in [9.17, 15) is 19.5 Å². The zero-order valence-corrected chi connectivity index (χ0v) is 26.7. The number of aliphatic hydroxyl groups is 1. The van der Waals surface area contributed by atoms with E-state index in [0.29, 0.717) is 19.6 Å². The Hall–Kier alpha value is -3.88. The summed E-state index contributed by atoms with van der Waals surface area (Å²) in [5, 5.41) is 12.7. The van der Waals surface area contributed by atoms with Crippen LogP contribution in [0.4, 0.5) is 5.69 Å². The number of aliphatic hydroxyl groups excluding tert-OH is 1. The Morgan fingerprint density at radius 3 is 2.29 bits per heavy atom. The van der Waals surface area contributed by atoms with Crippen molar-refractivity contribution in [3.8, 4) is 0 Å². The standard InChI is InChI=1S/C37H39N3O4S/c1-24(2)29(23-41)40-32-35(44)39(28-16-15-26-13-7-8-14-27(26)21-28)20-10-18-37(32)31(34(40)43)30-33(42)38(19-9-17-36(30,3)45-37)22-25-11-5-4-6-12-25/h4-18,21,24,29-32,41H,19-20,22-23H2,1-3H3/t29-,30-,31-,32?,36+,37-/m0/s1. The van der Waals surface area contributed by atoms with Crippen LogP contribution in [0, 0.1) is 17.8 Å². The number of rotatable bonds is 6. The molecular weight excluding hydrogens is 582 g/mol. The van der Waals surface area contributed by atoms with Crippen molar-refractivity contribution in [1.82, 2.24) is 9.80 Å². The van der Waals surface area contributed by atoms with Crippen LogP contribution in [-0.2, 0) is 20.9 Å². The Morgan fingerprint density at radius 2 is 1.56 bits per heavy atom. The molecule has 3 aromatic rings. The van der Waals surface area contributed by atoms with Crippen LogP contribution in [0.15, 0.2) is 97.1 Å². The highest BCUT2D eigenvalue weighted by Gasteiger charge is 2.74. The zero-order valence-electron chi connectivity index (χ0n) is 25.9. The molecule has 1 unspecified atom stereocenters. The molecule has 232 valence electrons. The first-order chi connectivity index (χ1) is 21.7. The van der Waals surface area contributed by atoms with E-state index in [2.05, 4.69) is 6.08 Å². The number of hydrogen-bond acceptors (Lipinski definition) is 5. The van der Waals surface area contributed by atoms with Crippen LogP contribution in [0.5, 0.6) is 0 Å². The molecule has 2 fully saturated rings. The van der Waals surface area contributed by atoms with E-state index in [1.807, 2.05) is 117 Å². The minimum Gasteiger partial charge on any atom is -0.394 e. The van der Waals surface area contributed by atoms with Crippen molar-refractivity contribution >= 4 is 45.9 Å². The Morgan fingerprint density at radius 1 is 0.844 bits per heavy atom. The SMILES string of the molecule is CC(C)[C@H](CO)N1C(=O)[C@@H]2[C@H]3C(=O)N(Cc4ccccc4)CC=C[C@@]3(C)S[C@@]23C=CCN(c2ccc4ccccc4c2)C(=O)C13. The summed E-state index contributed by atoms with van der Waals surface area (Å²) in [5.41, 5.74) is 1.78. The van der Waals surface area contributed by atoms with Crippen molar-refractivity contribution in [1.29, 1.82) is 0 Å². The largest absolute Gasteiger partial charge is 0.394 e. The van der Waals surface area contributed by atoms with E-state index in [4.69, 9.17) is 0 Å². The number of fused-ring (bicyclic) bond motifs is 3. The Kier molecular flexibility index (Phi) is 7.40. The van der Waals surface area contributed by atoms with Crippen molar-refractivity contribution in [2.75, 3.05) is 24.6 Å². The number of carbonyl (C=O) groups excluding carboxylic acids is 3. The molecule has 3 amide bonds. The maximum absolute atomic E-state index is 14.9. The van der Waals surface area contributed by atoms with Gasteiger partial charge in [0, 0.05) is 30.1 Å². The number of carbonyl (C=O) groups is 3. The van der Waals surface area contributed by atoms with Gasteiger partial charge in [0.15, 0.2) is 0 Å². The van der Waals surface area contributed by atoms with Crippen molar-refractivity contribution in [3.05, 3.63) is 103 Å². The van der Waals surface area contributed by atoms with E-state index in [0.717, 1.165) is 22.0 Å². The number of anilines is 1. The summed E-state index contributed by atoms with van der Waals surface area (Å²) < 4.78 is -1.67. The Bertz CT molecular complexity index is 1720. The molecule has 3 aromatic carbocycles. The fraction of sp³-hybridized carbons (Fsp3) is 0.378. The highest BCUT2D eigenvalue weighted by atomic mass is 32.2. The van der Waals surface area contributed by atoms with Crippen LogP contribution in [0.2, 0.25) is 0 Å². The zero-order chi connectivity index (χ0) is 31.5. The molecule has 1 spiro atoms. The lowest BCUT2D eigenvalue weighted by molar-refractivity contribution is -0.146. The summed E-state index contributed by atoms with van der Waals surface area (Å²) in [4.78, 5) is 49.6. The van der Waals surface area contributed by atoms with E-state index < -0.39 is 33.4 Å². The molecule has 45 heavy (non-hydrogen) atoms. The first-order valence-corrected chi connectivity index (χ1v) is 16.6. The molecule has 2 saturated heterocycles. The fourth-order valence-electron chi connectivity index (χ4n) is 8.01. The van der Waals surface area contributed by atoms with Gasteiger partial charge in [-0.3, -0.25) is 14.4 Å². The molecular formula is C37H39N3O4S. The first kappa shape index (κ1) is 29.8. The van der Waals surface area contributed by atoms with E-state index in [1.165, 1.54) is 0 Å². The number of amides is 3. The molecule has 4 aliphatic heterocycles. The van der Waals surface area contributed by atoms with Crippen molar-refractivity contribution in [2.24, 2.45) is 17.8 Å². The van der Waals surface area contributed by atoms with Crippen molar-refractivity contribution in [2.45, 2.75) is 48.9 Å². The predicted octanol–water partition coefficient (Wildman–Crippen LogP) is 5.05. The van der Waals surface area contributed by atoms with Crippen molar-refractivity contribution in [3.63, 3.8) is 0 Å². The minimum atomic E-state index is -0.975. The minimum absolute atomic E-state index is 0.0729. The number of nitrogens with zero attached hydrogens (tertiary/aromatic N) is 3. The average molecular weight is 622 g/mol. The van der Waals surface area contributed by atoms with Gasteiger partial charge in [-0.1, -0.05) is 98.8 Å².